The average molecular weight is 447 g/mol. The van der Waals surface area contributed by atoms with Crippen molar-refractivity contribution < 1.29 is 9.50 Å². The average Bonchev–Trinajstić information content (AvgIpc) is 3.19. The number of rotatable bonds is 5. The predicted octanol–water partition coefficient (Wildman–Crippen LogP) is 5.09. The highest BCUT2D eigenvalue weighted by atomic mass is 35.5. The lowest BCUT2D eigenvalue weighted by Crippen LogP contribution is -2.15. The van der Waals surface area contributed by atoms with Crippen LogP contribution in [0.25, 0.3) is 32.1 Å². The van der Waals surface area contributed by atoms with Crippen LogP contribution in [0, 0.1) is 12.7 Å². The minimum Gasteiger partial charge on any atom is -0.392 e. The van der Waals surface area contributed by atoms with E-state index < -0.39 is 0 Å². The van der Waals surface area contributed by atoms with E-state index in [2.05, 4.69) is 10.3 Å². The minimum atomic E-state index is -0.270. The van der Waals surface area contributed by atoms with Gasteiger partial charge in [0.15, 0.2) is 0 Å². The van der Waals surface area contributed by atoms with Gasteiger partial charge in [-0.15, -0.1) is 23.7 Å². The summed E-state index contributed by atoms with van der Waals surface area (Å²) >= 11 is 1.38. The molecule has 0 bridgehead atoms. The molecule has 0 fully saturated rings. The number of aromatic amines is 1. The highest BCUT2D eigenvalue weighted by Crippen LogP contribution is 2.39. The van der Waals surface area contributed by atoms with Crippen molar-refractivity contribution in [2.45, 2.75) is 26.4 Å². The molecule has 4 rings (SSSR count). The number of likely N-dealkylation sites (N-methyl/N-ethyl adjacent to an activating group) is 1. The van der Waals surface area contributed by atoms with Crippen LogP contribution in [0.1, 0.15) is 29.5 Å². The van der Waals surface area contributed by atoms with Crippen LogP contribution in [0.2, 0.25) is 0 Å². The first kappa shape index (κ1) is 22.4. The third kappa shape index (κ3) is 3.65. The molecule has 3 N–H and O–H groups in total. The van der Waals surface area contributed by atoms with Crippen molar-refractivity contribution in [1.29, 1.82) is 0 Å². The van der Waals surface area contributed by atoms with E-state index in [4.69, 9.17) is 0 Å². The molecule has 0 aliphatic heterocycles. The van der Waals surface area contributed by atoms with Gasteiger partial charge in [-0.05, 0) is 65.2 Å². The zero-order valence-electron chi connectivity index (χ0n) is 17.0. The van der Waals surface area contributed by atoms with Gasteiger partial charge in [-0.2, -0.15) is 0 Å². The molecule has 158 valence electrons. The van der Waals surface area contributed by atoms with Gasteiger partial charge < -0.3 is 15.4 Å². The quantitative estimate of drug-likeness (QED) is 0.400. The highest BCUT2D eigenvalue weighted by molar-refractivity contribution is 7.17. The first-order chi connectivity index (χ1) is 14.0. The Labute approximate surface area is 184 Å². The number of aryl methyl sites for hydroxylation is 1. The number of aromatic nitrogens is 1. The van der Waals surface area contributed by atoms with Crippen molar-refractivity contribution >= 4 is 44.7 Å². The molecule has 0 aliphatic carbocycles. The van der Waals surface area contributed by atoms with Gasteiger partial charge in [0, 0.05) is 17.3 Å². The lowest BCUT2D eigenvalue weighted by Gasteiger charge is -2.17. The van der Waals surface area contributed by atoms with E-state index in [0.29, 0.717) is 27.9 Å². The standard InChI is InChI=1S/C23H23FN2O2S.ClH/c1-12-8-15(11-27)19(14-4-5-16(18(24)9-14)13(2)10-25-3)20-17-6-7-29-22(17)23(28)26-21(12)20;/h4-9,13,25,27H,10-11H2,1-3H3,(H,26,28);1H. The zero-order chi connectivity index (χ0) is 20.7. The summed E-state index contributed by atoms with van der Waals surface area (Å²) in [5, 5.41) is 16.7. The Morgan fingerprint density at radius 2 is 2.03 bits per heavy atom. The molecule has 2 heterocycles. The second-order valence-corrected chi connectivity index (χ2v) is 8.36. The van der Waals surface area contributed by atoms with Crippen molar-refractivity contribution in [3.8, 4) is 11.1 Å². The number of pyridine rings is 1. The molecular weight excluding hydrogens is 423 g/mol. The third-order valence-electron chi connectivity index (χ3n) is 5.49. The summed E-state index contributed by atoms with van der Waals surface area (Å²) in [6, 6.07) is 9.03. The number of aliphatic hydroxyl groups is 1. The Balaban J connectivity index is 0.00000256. The second kappa shape index (κ2) is 8.86. The molecule has 1 atom stereocenters. The minimum absolute atomic E-state index is 0. The van der Waals surface area contributed by atoms with Crippen molar-refractivity contribution in [3.05, 3.63) is 68.6 Å². The molecule has 0 saturated carbocycles. The molecule has 0 amide bonds. The van der Waals surface area contributed by atoms with Crippen LogP contribution in [0.4, 0.5) is 4.39 Å². The Morgan fingerprint density at radius 3 is 2.70 bits per heavy atom. The van der Waals surface area contributed by atoms with E-state index >= 15 is 0 Å². The van der Waals surface area contributed by atoms with Gasteiger partial charge in [-0.3, -0.25) is 4.79 Å². The normalized spacial score (nSPS) is 12.3. The molecule has 4 nitrogen and oxygen atoms in total. The first-order valence-electron chi connectivity index (χ1n) is 9.57. The van der Waals surface area contributed by atoms with Crippen LogP contribution in [0.5, 0.6) is 0 Å². The number of thiophene rings is 1. The third-order valence-corrected chi connectivity index (χ3v) is 6.40. The number of fused-ring (bicyclic) bond motifs is 3. The molecule has 2 aromatic heterocycles. The van der Waals surface area contributed by atoms with Crippen LogP contribution in [-0.4, -0.2) is 23.7 Å². The summed E-state index contributed by atoms with van der Waals surface area (Å²) in [6.07, 6.45) is 0. The van der Waals surface area contributed by atoms with Crippen molar-refractivity contribution in [2.24, 2.45) is 0 Å². The fraction of sp³-hybridized carbons (Fsp3) is 0.261. The molecular formula is C23H24ClFN2O2S. The molecule has 1 unspecified atom stereocenters. The molecule has 0 spiro atoms. The van der Waals surface area contributed by atoms with E-state index in [1.807, 2.05) is 50.5 Å². The van der Waals surface area contributed by atoms with Crippen LogP contribution >= 0.6 is 23.7 Å². The van der Waals surface area contributed by atoms with E-state index in [1.54, 1.807) is 0 Å². The number of aliphatic hydroxyl groups excluding tert-OH is 1. The van der Waals surface area contributed by atoms with Gasteiger partial charge in [0.2, 0.25) is 0 Å². The number of hydrogen-bond acceptors (Lipinski definition) is 4. The Morgan fingerprint density at radius 1 is 1.27 bits per heavy atom. The summed E-state index contributed by atoms with van der Waals surface area (Å²) in [5.41, 5.74) is 4.29. The lowest BCUT2D eigenvalue weighted by molar-refractivity contribution is 0.282. The van der Waals surface area contributed by atoms with E-state index in [-0.39, 0.29) is 36.3 Å². The Kier molecular flexibility index (Phi) is 6.62. The molecule has 0 saturated heterocycles. The van der Waals surface area contributed by atoms with Gasteiger partial charge in [0.05, 0.1) is 12.1 Å². The van der Waals surface area contributed by atoms with Crippen molar-refractivity contribution in [2.75, 3.05) is 13.6 Å². The van der Waals surface area contributed by atoms with Crippen LogP contribution in [0.15, 0.2) is 40.5 Å². The molecule has 4 aromatic rings. The summed E-state index contributed by atoms with van der Waals surface area (Å²) in [6.45, 7) is 4.40. The Hall–Kier alpha value is -2.25. The summed E-state index contributed by atoms with van der Waals surface area (Å²) in [5.74, 6) is -0.227. The van der Waals surface area contributed by atoms with Gasteiger partial charge in [-0.25, -0.2) is 4.39 Å². The smallest absolute Gasteiger partial charge is 0.266 e. The van der Waals surface area contributed by atoms with E-state index in [9.17, 15) is 14.3 Å². The number of hydrogen-bond donors (Lipinski definition) is 3. The van der Waals surface area contributed by atoms with Gasteiger partial charge >= 0.3 is 0 Å². The predicted molar refractivity (Wildman–Crippen MR) is 126 cm³/mol. The van der Waals surface area contributed by atoms with Crippen LogP contribution in [0.3, 0.4) is 0 Å². The maximum absolute atomic E-state index is 15.0. The van der Waals surface area contributed by atoms with Crippen molar-refractivity contribution in [1.82, 2.24) is 10.3 Å². The first-order valence-corrected chi connectivity index (χ1v) is 10.4. The van der Waals surface area contributed by atoms with Gasteiger partial charge in [0.1, 0.15) is 10.5 Å². The van der Waals surface area contributed by atoms with Crippen molar-refractivity contribution in [3.63, 3.8) is 0 Å². The van der Waals surface area contributed by atoms with Crippen LogP contribution < -0.4 is 10.9 Å². The number of benzene rings is 2. The highest BCUT2D eigenvalue weighted by Gasteiger charge is 2.19. The maximum atomic E-state index is 15.0. The number of nitrogens with one attached hydrogen (secondary N) is 2. The summed E-state index contributed by atoms with van der Waals surface area (Å²) < 4.78 is 15.6. The largest absolute Gasteiger partial charge is 0.392 e. The monoisotopic (exact) mass is 446 g/mol. The number of H-pyrrole nitrogens is 1. The van der Waals surface area contributed by atoms with Crippen LogP contribution in [-0.2, 0) is 6.61 Å². The molecule has 30 heavy (non-hydrogen) atoms. The fourth-order valence-corrected chi connectivity index (χ4v) is 4.92. The van der Waals surface area contributed by atoms with Gasteiger partial charge in [-0.1, -0.05) is 25.1 Å². The summed E-state index contributed by atoms with van der Waals surface area (Å²) in [7, 11) is 1.85. The van der Waals surface area contributed by atoms with E-state index in [1.165, 1.54) is 17.4 Å². The molecule has 2 aromatic carbocycles. The number of halogens is 2. The maximum Gasteiger partial charge on any atom is 0.266 e. The topological polar surface area (TPSA) is 65.1 Å². The molecule has 7 heteroatoms. The van der Waals surface area contributed by atoms with E-state index in [0.717, 1.165) is 27.4 Å². The Bertz CT molecular complexity index is 1280. The molecule has 0 radical (unpaired) electrons. The fourth-order valence-electron chi connectivity index (χ4n) is 4.12. The second-order valence-electron chi connectivity index (χ2n) is 7.45. The van der Waals surface area contributed by atoms with Gasteiger partial charge in [0.25, 0.3) is 5.56 Å². The summed E-state index contributed by atoms with van der Waals surface area (Å²) in [4.78, 5) is 15.5. The zero-order valence-corrected chi connectivity index (χ0v) is 18.6. The lowest BCUT2D eigenvalue weighted by atomic mass is 9.90. The SMILES string of the molecule is CNCC(C)c1ccc(-c2c(CO)cc(C)c3[nH]c(=O)c4sccc4c23)cc1F.Cl. The molecule has 0 aliphatic rings.